The molecule has 3 rings (SSSR count). The summed E-state index contributed by atoms with van der Waals surface area (Å²) < 4.78 is 6.34. The van der Waals surface area contributed by atoms with Gasteiger partial charge in [0, 0.05) is 16.5 Å². The summed E-state index contributed by atoms with van der Waals surface area (Å²) in [5.41, 5.74) is 1.35. The van der Waals surface area contributed by atoms with Crippen molar-refractivity contribution < 1.29 is 14.3 Å². The Morgan fingerprint density at radius 2 is 1.60 bits per heavy atom. The maximum absolute atomic E-state index is 12.9. The molecule has 0 fully saturated rings. The first-order valence-corrected chi connectivity index (χ1v) is 10.4. The molecule has 0 saturated heterocycles. The number of ether oxygens (including phenoxy) is 1. The zero-order valence-corrected chi connectivity index (χ0v) is 18.6. The summed E-state index contributed by atoms with van der Waals surface area (Å²) in [5, 5.41) is 3.47. The molecule has 0 saturated carbocycles. The molecule has 30 heavy (non-hydrogen) atoms. The topological polar surface area (TPSA) is 58.6 Å². The minimum absolute atomic E-state index is 0.210. The quantitative estimate of drug-likeness (QED) is 0.478. The number of anilines is 1. The molecule has 3 aromatic rings. The Morgan fingerprint density at radius 3 is 2.30 bits per heavy atom. The molecule has 0 bridgehead atoms. The number of nitrogens with one attached hydrogen (secondary N) is 1. The predicted octanol–water partition coefficient (Wildman–Crippen LogP) is 5.51. The molecule has 1 N–H and O–H groups in total. The van der Waals surface area contributed by atoms with Gasteiger partial charge in [-0.3, -0.25) is 9.59 Å². The van der Waals surface area contributed by atoms with E-state index < -0.39 is 0 Å². The third-order valence-corrected chi connectivity index (χ3v) is 5.32. The molecular formula is C23H20BrClN2O3. The molecule has 0 aliphatic rings. The van der Waals surface area contributed by atoms with Crippen molar-refractivity contribution >= 4 is 45.0 Å². The second-order valence-corrected chi connectivity index (χ2v) is 7.80. The zero-order valence-electron chi connectivity index (χ0n) is 16.3. The third kappa shape index (κ3) is 5.62. The van der Waals surface area contributed by atoms with E-state index in [4.69, 9.17) is 16.3 Å². The molecule has 0 aliphatic carbocycles. The Labute approximate surface area is 188 Å². The Hall–Kier alpha value is -2.83. The molecule has 5 nitrogen and oxygen atoms in total. The second kappa shape index (κ2) is 10.3. The monoisotopic (exact) mass is 486 g/mol. The number of carbonyl (C=O) groups is 2. The van der Waals surface area contributed by atoms with Crippen LogP contribution in [0.3, 0.4) is 0 Å². The highest BCUT2D eigenvalue weighted by atomic mass is 79.9. The minimum Gasteiger partial charge on any atom is -0.492 e. The first-order valence-electron chi connectivity index (χ1n) is 9.24. The summed E-state index contributed by atoms with van der Waals surface area (Å²) in [6.45, 7) is 0.712. The molecule has 0 atom stereocenters. The van der Waals surface area contributed by atoms with Crippen molar-refractivity contribution in [2.45, 2.75) is 0 Å². The summed E-state index contributed by atoms with van der Waals surface area (Å²) in [6, 6.07) is 21.1. The molecule has 3 aromatic carbocycles. The number of hydrogen-bond acceptors (Lipinski definition) is 3. The third-order valence-electron chi connectivity index (χ3n) is 4.38. The van der Waals surface area contributed by atoms with Crippen molar-refractivity contribution in [2.75, 3.05) is 25.5 Å². The molecular weight excluding hydrogens is 468 g/mol. The number of rotatable bonds is 7. The fourth-order valence-corrected chi connectivity index (χ4v) is 3.34. The van der Waals surface area contributed by atoms with Crippen LogP contribution in [-0.2, 0) is 0 Å². The van der Waals surface area contributed by atoms with Crippen molar-refractivity contribution in [2.24, 2.45) is 0 Å². The molecule has 2 amide bonds. The van der Waals surface area contributed by atoms with Crippen molar-refractivity contribution in [3.63, 3.8) is 0 Å². The summed E-state index contributed by atoms with van der Waals surface area (Å²) in [7, 11) is 1.69. The molecule has 7 heteroatoms. The molecule has 0 radical (unpaired) electrons. The van der Waals surface area contributed by atoms with Crippen LogP contribution in [0.4, 0.5) is 5.69 Å². The number of halogens is 2. The summed E-state index contributed by atoms with van der Waals surface area (Å²) in [4.78, 5) is 27.1. The van der Waals surface area contributed by atoms with Gasteiger partial charge in [0.25, 0.3) is 11.8 Å². The maximum atomic E-state index is 12.9. The molecule has 0 aliphatic heterocycles. The van der Waals surface area contributed by atoms with E-state index in [1.165, 1.54) is 0 Å². The van der Waals surface area contributed by atoms with E-state index in [0.717, 1.165) is 0 Å². The summed E-state index contributed by atoms with van der Waals surface area (Å²) >= 11 is 9.24. The number of likely N-dealkylation sites (N-methyl/N-ethyl adjacent to an activating group) is 1. The van der Waals surface area contributed by atoms with Gasteiger partial charge in [0.1, 0.15) is 12.4 Å². The van der Waals surface area contributed by atoms with Gasteiger partial charge in [0.05, 0.1) is 23.4 Å². The normalized spacial score (nSPS) is 10.4. The Morgan fingerprint density at radius 1 is 0.967 bits per heavy atom. The lowest BCUT2D eigenvalue weighted by atomic mass is 10.1. The van der Waals surface area contributed by atoms with Gasteiger partial charge in [0.15, 0.2) is 0 Å². The lowest BCUT2D eigenvalue weighted by Gasteiger charge is -2.19. The van der Waals surface area contributed by atoms with Crippen LogP contribution in [0.2, 0.25) is 5.02 Å². The van der Waals surface area contributed by atoms with Gasteiger partial charge < -0.3 is 15.0 Å². The Balaban J connectivity index is 1.65. The number of carbonyl (C=O) groups excluding carboxylic acids is 2. The van der Waals surface area contributed by atoms with E-state index >= 15 is 0 Å². The summed E-state index contributed by atoms with van der Waals surface area (Å²) in [6.07, 6.45) is 0. The predicted molar refractivity (Wildman–Crippen MR) is 122 cm³/mol. The SMILES string of the molecule is CN(CCOc1ccc(Cl)cc1)C(=O)c1ccccc1NC(=O)c1ccccc1Br. The van der Waals surface area contributed by atoms with Gasteiger partial charge in [-0.2, -0.15) is 0 Å². The van der Waals surface area contributed by atoms with Crippen molar-refractivity contribution in [3.8, 4) is 5.75 Å². The van der Waals surface area contributed by atoms with Crippen LogP contribution in [0.15, 0.2) is 77.3 Å². The smallest absolute Gasteiger partial charge is 0.256 e. The maximum Gasteiger partial charge on any atom is 0.256 e. The minimum atomic E-state index is -0.295. The van der Waals surface area contributed by atoms with Gasteiger partial charge in [-0.25, -0.2) is 0 Å². The number of hydrogen-bond donors (Lipinski definition) is 1. The zero-order chi connectivity index (χ0) is 21.5. The Bertz CT molecular complexity index is 1040. The fraction of sp³-hybridized carbons (Fsp3) is 0.130. The molecule has 0 heterocycles. The first-order chi connectivity index (χ1) is 14.5. The van der Waals surface area contributed by atoms with Gasteiger partial charge in [0.2, 0.25) is 0 Å². The standard InChI is InChI=1S/C23H20BrClN2O3/c1-27(14-15-30-17-12-10-16(25)11-13-17)23(29)19-7-3-5-9-21(19)26-22(28)18-6-2-4-8-20(18)24/h2-13H,14-15H2,1H3,(H,26,28). The molecule has 0 aromatic heterocycles. The van der Waals surface area contributed by atoms with Crippen LogP contribution in [0.5, 0.6) is 5.75 Å². The van der Waals surface area contributed by atoms with E-state index in [2.05, 4.69) is 21.2 Å². The number of amides is 2. The highest BCUT2D eigenvalue weighted by Gasteiger charge is 2.18. The lowest BCUT2D eigenvalue weighted by Crippen LogP contribution is -2.31. The first kappa shape index (κ1) is 21.9. The average Bonchev–Trinajstić information content (AvgIpc) is 2.75. The molecule has 0 unspecified atom stereocenters. The van der Waals surface area contributed by atoms with E-state index in [0.29, 0.717) is 45.2 Å². The highest BCUT2D eigenvalue weighted by molar-refractivity contribution is 9.10. The van der Waals surface area contributed by atoms with E-state index in [9.17, 15) is 9.59 Å². The van der Waals surface area contributed by atoms with E-state index in [1.54, 1.807) is 78.7 Å². The van der Waals surface area contributed by atoms with Crippen LogP contribution in [0.25, 0.3) is 0 Å². The van der Waals surface area contributed by atoms with Gasteiger partial charge in [-0.15, -0.1) is 0 Å². The van der Waals surface area contributed by atoms with Crippen LogP contribution in [-0.4, -0.2) is 36.9 Å². The van der Waals surface area contributed by atoms with Crippen LogP contribution in [0.1, 0.15) is 20.7 Å². The van der Waals surface area contributed by atoms with Gasteiger partial charge in [-0.1, -0.05) is 35.9 Å². The lowest BCUT2D eigenvalue weighted by molar-refractivity contribution is 0.0775. The number of benzene rings is 3. The van der Waals surface area contributed by atoms with Crippen molar-refractivity contribution in [1.29, 1.82) is 0 Å². The Kier molecular flexibility index (Phi) is 7.49. The summed E-state index contributed by atoms with van der Waals surface area (Å²) in [5.74, 6) is 0.176. The average molecular weight is 488 g/mol. The van der Waals surface area contributed by atoms with Crippen LogP contribution >= 0.6 is 27.5 Å². The highest BCUT2D eigenvalue weighted by Crippen LogP contribution is 2.21. The second-order valence-electron chi connectivity index (χ2n) is 6.51. The molecule has 0 spiro atoms. The van der Waals surface area contributed by atoms with Gasteiger partial charge >= 0.3 is 0 Å². The number of para-hydroxylation sites is 1. The van der Waals surface area contributed by atoms with Crippen molar-refractivity contribution in [1.82, 2.24) is 4.90 Å². The number of nitrogens with zero attached hydrogens (tertiary/aromatic N) is 1. The molecule has 154 valence electrons. The van der Waals surface area contributed by atoms with Crippen LogP contribution < -0.4 is 10.1 Å². The fourth-order valence-electron chi connectivity index (χ4n) is 2.75. The van der Waals surface area contributed by atoms with Gasteiger partial charge in [-0.05, 0) is 64.5 Å². The van der Waals surface area contributed by atoms with E-state index in [1.807, 2.05) is 6.07 Å². The van der Waals surface area contributed by atoms with Crippen LogP contribution in [0, 0.1) is 0 Å². The van der Waals surface area contributed by atoms with Crippen molar-refractivity contribution in [3.05, 3.63) is 93.4 Å². The largest absolute Gasteiger partial charge is 0.492 e. The van der Waals surface area contributed by atoms with E-state index in [-0.39, 0.29) is 11.8 Å².